The van der Waals surface area contributed by atoms with Crippen LogP contribution in [-0.4, -0.2) is 51.1 Å². The van der Waals surface area contributed by atoms with Gasteiger partial charge < -0.3 is 23.7 Å². The van der Waals surface area contributed by atoms with E-state index in [-0.39, 0.29) is 12.7 Å². The molecule has 4 unspecified atom stereocenters. The van der Waals surface area contributed by atoms with Crippen LogP contribution in [0.4, 0.5) is 4.79 Å². The first-order valence-corrected chi connectivity index (χ1v) is 7.91. The summed E-state index contributed by atoms with van der Waals surface area (Å²) in [6.07, 6.45) is 3.07. The number of ether oxygens (including phenoxy) is 5. The van der Waals surface area contributed by atoms with Gasteiger partial charge in [-0.1, -0.05) is 33.1 Å². The molecule has 0 aromatic heterocycles. The predicted molar refractivity (Wildman–Crippen MR) is 75.0 cm³/mol. The average Bonchev–Trinajstić information content (AvgIpc) is 3.11. The van der Waals surface area contributed by atoms with Crippen molar-refractivity contribution in [2.45, 2.75) is 58.0 Å². The summed E-state index contributed by atoms with van der Waals surface area (Å²) in [4.78, 5) is 10.9. The molecule has 2 fully saturated rings. The third-order valence-electron chi connectivity index (χ3n) is 3.89. The maximum atomic E-state index is 10.9. The van der Waals surface area contributed by atoms with Gasteiger partial charge in [0.1, 0.15) is 12.7 Å². The topological polar surface area (TPSA) is 63.2 Å². The Morgan fingerprint density at radius 2 is 2.19 bits per heavy atom. The van der Waals surface area contributed by atoms with Crippen LogP contribution in [-0.2, 0) is 23.7 Å². The molecule has 6 heteroatoms. The number of hydrogen-bond acceptors (Lipinski definition) is 6. The molecule has 0 aromatic carbocycles. The molecule has 2 rings (SSSR count). The van der Waals surface area contributed by atoms with Crippen LogP contribution in [0.2, 0.25) is 0 Å². The fraction of sp³-hybridized carbons (Fsp3) is 0.933. The summed E-state index contributed by atoms with van der Waals surface area (Å²) < 4.78 is 26.6. The third-order valence-corrected chi connectivity index (χ3v) is 3.89. The molecule has 6 nitrogen and oxygen atoms in total. The number of cyclic esters (lactones) is 2. The second kappa shape index (κ2) is 8.56. The highest BCUT2D eigenvalue weighted by Gasteiger charge is 2.39. The Morgan fingerprint density at radius 3 is 2.86 bits per heavy atom. The van der Waals surface area contributed by atoms with Gasteiger partial charge in [-0.15, -0.1) is 0 Å². The Morgan fingerprint density at radius 1 is 1.33 bits per heavy atom. The van der Waals surface area contributed by atoms with E-state index in [1.54, 1.807) is 0 Å². The SMILES string of the molecule is CCCCC(CC)COCC1COC(C2COC(=O)O2)O1. The van der Waals surface area contributed by atoms with Gasteiger partial charge in [0.15, 0.2) is 12.4 Å². The Balaban J connectivity index is 1.60. The molecular weight excluding hydrogens is 276 g/mol. The smallest absolute Gasteiger partial charge is 0.430 e. The zero-order valence-corrected chi connectivity index (χ0v) is 12.9. The zero-order chi connectivity index (χ0) is 15.1. The minimum absolute atomic E-state index is 0.0991. The molecule has 0 bridgehead atoms. The van der Waals surface area contributed by atoms with Gasteiger partial charge in [0.25, 0.3) is 0 Å². The molecule has 4 atom stereocenters. The first-order valence-electron chi connectivity index (χ1n) is 7.91. The molecule has 2 aliphatic heterocycles. The highest BCUT2D eigenvalue weighted by Crippen LogP contribution is 2.21. The Labute approximate surface area is 126 Å². The van der Waals surface area contributed by atoms with Gasteiger partial charge in [-0.25, -0.2) is 4.79 Å². The Kier molecular flexibility index (Phi) is 6.73. The molecule has 2 heterocycles. The van der Waals surface area contributed by atoms with Crippen molar-refractivity contribution in [3.05, 3.63) is 0 Å². The molecule has 2 saturated heterocycles. The van der Waals surface area contributed by atoms with Crippen LogP contribution in [0.15, 0.2) is 0 Å². The predicted octanol–water partition coefficient (Wildman–Crippen LogP) is 2.50. The van der Waals surface area contributed by atoms with E-state index in [0.29, 0.717) is 19.1 Å². The van der Waals surface area contributed by atoms with E-state index >= 15 is 0 Å². The molecule has 21 heavy (non-hydrogen) atoms. The number of carbonyl (C=O) groups excluding carboxylic acids is 1. The lowest BCUT2D eigenvalue weighted by Gasteiger charge is -2.17. The van der Waals surface area contributed by atoms with E-state index in [9.17, 15) is 4.79 Å². The summed E-state index contributed by atoms with van der Waals surface area (Å²) in [6.45, 7) is 6.33. The van der Waals surface area contributed by atoms with Crippen molar-refractivity contribution < 1.29 is 28.5 Å². The lowest BCUT2D eigenvalue weighted by atomic mass is 10.0. The van der Waals surface area contributed by atoms with E-state index in [1.165, 1.54) is 19.3 Å². The molecule has 0 aromatic rings. The molecule has 122 valence electrons. The molecular formula is C15H26O6. The summed E-state index contributed by atoms with van der Waals surface area (Å²) in [5.41, 5.74) is 0. The number of rotatable bonds is 9. The van der Waals surface area contributed by atoms with Crippen molar-refractivity contribution in [3.63, 3.8) is 0 Å². The molecule has 2 aliphatic rings. The molecule has 0 radical (unpaired) electrons. The van der Waals surface area contributed by atoms with Crippen LogP contribution in [0.1, 0.15) is 39.5 Å². The van der Waals surface area contributed by atoms with Crippen LogP contribution in [0, 0.1) is 5.92 Å². The fourth-order valence-electron chi connectivity index (χ4n) is 2.49. The van der Waals surface area contributed by atoms with Crippen molar-refractivity contribution in [2.24, 2.45) is 5.92 Å². The van der Waals surface area contributed by atoms with E-state index in [0.717, 1.165) is 13.0 Å². The van der Waals surface area contributed by atoms with Crippen molar-refractivity contribution in [2.75, 3.05) is 26.4 Å². The van der Waals surface area contributed by atoms with Crippen molar-refractivity contribution in [1.82, 2.24) is 0 Å². The highest BCUT2D eigenvalue weighted by molar-refractivity contribution is 5.61. The van der Waals surface area contributed by atoms with Crippen LogP contribution in [0.25, 0.3) is 0 Å². The second-order valence-electron chi connectivity index (χ2n) is 5.63. The van der Waals surface area contributed by atoms with Crippen LogP contribution in [0.3, 0.4) is 0 Å². The summed E-state index contributed by atoms with van der Waals surface area (Å²) in [5, 5.41) is 0. The van der Waals surface area contributed by atoms with Crippen molar-refractivity contribution >= 4 is 6.16 Å². The number of carbonyl (C=O) groups is 1. The lowest BCUT2D eigenvalue weighted by Crippen LogP contribution is -2.30. The monoisotopic (exact) mass is 302 g/mol. The molecule has 0 N–H and O–H groups in total. The standard InChI is InChI=1S/C15H26O6/c1-3-5-6-11(4-2)7-17-8-12-9-18-14(20-12)13-10-19-15(16)21-13/h11-14H,3-10H2,1-2H3. The van der Waals surface area contributed by atoms with E-state index in [2.05, 4.69) is 13.8 Å². The number of hydrogen-bond donors (Lipinski definition) is 0. The minimum Gasteiger partial charge on any atom is -0.430 e. The normalized spacial score (nSPS) is 30.2. The van der Waals surface area contributed by atoms with E-state index in [4.69, 9.17) is 23.7 Å². The average molecular weight is 302 g/mol. The molecule has 0 amide bonds. The van der Waals surface area contributed by atoms with Crippen molar-refractivity contribution in [3.8, 4) is 0 Å². The van der Waals surface area contributed by atoms with Gasteiger partial charge in [-0.2, -0.15) is 0 Å². The Hall–Kier alpha value is -0.850. The van der Waals surface area contributed by atoms with E-state index in [1.807, 2.05) is 0 Å². The quantitative estimate of drug-likeness (QED) is 0.610. The van der Waals surface area contributed by atoms with Crippen LogP contribution in [0.5, 0.6) is 0 Å². The molecule has 0 spiro atoms. The van der Waals surface area contributed by atoms with Gasteiger partial charge in [-0.05, 0) is 12.3 Å². The minimum atomic E-state index is -0.659. The fourth-order valence-corrected chi connectivity index (χ4v) is 2.49. The maximum absolute atomic E-state index is 10.9. The highest BCUT2D eigenvalue weighted by atomic mass is 16.8. The first kappa shape index (κ1) is 16.5. The Bertz CT molecular complexity index is 321. The van der Waals surface area contributed by atoms with Gasteiger partial charge in [0.2, 0.25) is 0 Å². The summed E-state index contributed by atoms with van der Waals surface area (Å²) >= 11 is 0. The molecule has 0 saturated carbocycles. The largest absolute Gasteiger partial charge is 0.508 e. The van der Waals surface area contributed by atoms with Gasteiger partial charge >= 0.3 is 6.16 Å². The third kappa shape index (κ3) is 5.13. The summed E-state index contributed by atoms with van der Waals surface area (Å²) in [6, 6.07) is 0. The van der Waals surface area contributed by atoms with Crippen molar-refractivity contribution in [1.29, 1.82) is 0 Å². The van der Waals surface area contributed by atoms with Gasteiger partial charge in [0.05, 0.1) is 13.2 Å². The first-order chi connectivity index (χ1) is 10.2. The van der Waals surface area contributed by atoms with E-state index < -0.39 is 18.5 Å². The number of unbranched alkanes of at least 4 members (excludes halogenated alkanes) is 1. The second-order valence-corrected chi connectivity index (χ2v) is 5.63. The maximum Gasteiger partial charge on any atom is 0.508 e. The zero-order valence-electron chi connectivity index (χ0n) is 12.9. The van der Waals surface area contributed by atoms with Crippen LogP contribution >= 0.6 is 0 Å². The van der Waals surface area contributed by atoms with Crippen LogP contribution < -0.4 is 0 Å². The summed E-state index contributed by atoms with van der Waals surface area (Å²) in [5.74, 6) is 0.618. The van der Waals surface area contributed by atoms with Gasteiger partial charge in [-0.3, -0.25) is 0 Å². The lowest BCUT2D eigenvalue weighted by molar-refractivity contribution is -0.127. The molecule has 0 aliphatic carbocycles. The van der Waals surface area contributed by atoms with Gasteiger partial charge in [0, 0.05) is 6.61 Å². The summed E-state index contributed by atoms with van der Waals surface area (Å²) in [7, 11) is 0.